The molecule has 0 fully saturated rings. The van der Waals surface area contributed by atoms with Crippen molar-refractivity contribution in [1.82, 2.24) is 5.32 Å². The highest BCUT2D eigenvalue weighted by Crippen LogP contribution is 2.08. The van der Waals surface area contributed by atoms with E-state index in [1.807, 2.05) is 30.3 Å². The largest absolute Gasteiger partial charge is 0.445 e. The number of alkyl carbamates (subject to hydrolysis) is 1. The number of hydrogen-bond donors (Lipinski definition) is 1. The van der Waals surface area contributed by atoms with Gasteiger partial charge < -0.3 is 10.1 Å². The third-order valence-corrected chi connectivity index (χ3v) is 2.78. The van der Waals surface area contributed by atoms with Crippen LogP contribution in [0, 0.1) is 5.92 Å². The SMILES string of the molecule is CCC(CC(C)C)NC(=O)OCc1ccccc1. The van der Waals surface area contributed by atoms with Crippen LogP contribution in [0.1, 0.15) is 39.2 Å². The molecule has 0 saturated heterocycles. The van der Waals surface area contributed by atoms with Gasteiger partial charge in [-0.25, -0.2) is 4.79 Å². The van der Waals surface area contributed by atoms with Gasteiger partial charge in [0.05, 0.1) is 0 Å². The average molecular weight is 249 g/mol. The second kappa shape index (κ2) is 7.75. The van der Waals surface area contributed by atoms with Crippen LogP contribution >= 0.6 is 0 Å². The Morgan fingerprint density at radius 3 is 2.50 bits per heavy atom. The summed E-state index contributed by atoms with van der Waals surface area (Å²) < 4.78 is 5.19. The number of amides is 1. The molecule has 1 atom stereocenters. The molecule has 0 aromatic heterocycles. The number of ether oxygens (including phenoxy) is 1. The summed E-state index contributed by atoms with van der Waals surface area (Å²) in [5, 5.41) is 2.91. The fourth-order valence-corrected chi connectivity index (χ4v) is 1.83. The van der Waals surface area contributed by atoms with Crippen molar-refractivity contribution in [2.45, 2.75) is 46.3 Å². The zero-order chi connectivity index (χ0) is 13.4. The van der Waals surface area contributed by atoms with Crippen molar-refractivity contribution < 1.29 is 9.53 Å². The van der Waals surface area contributed by atoms with E-state index < -0.39 is 0 Å². The molecule has 18 heavy (non-hydrogen) atoms. The van der Waals surface area contributed by atoms with Crippen molar-refractivity contribution in [1.29, 1.82) is 0 Å². The van der Waals surface area contributed by atoms with Crippen molar-refractivity contribution in [3.63, 3.8) is 0 Å². The Kier molecular flexibility index (Phi) is 6.26. The maximum atomic E-state index is 11.6. The van der Waals surface area contributed by atoms with Crippen LogP contribution in [-0.2, 0) is 11.3 Å². The van der Waals surface area contributed by atoms with E-state index in [1.54, 1.807) is 0 Å². The molecule has 3 nitrogen and oxygen atoms in total. The number of rotatable bonds is 6. The molecule has 3 heteroatoms. The highest BCUT2D eigenvalue weighted by atomic mass is 16.5. The maximum Gasteiger partial charge on any atom is 0.407 e. The number of nitrogens with one attached hydrogen (secondary N) is 1. The molecule has 0 bridgehead atoms. The van der Waals surface area contributed by atoms with Gasteiger partial charge in [0.25, 0.3) is 0 Å². The predicted molar refractivity (Wildman–Crippen MR) is 73.3 cm³/mol. The fraction of sp³-hybridized carbons (Fsp3) is 0.533. The molecule has 1 unspecified atom stereocenters. The summed E-state index contributed by atoms with van der Waals surface area (Å²) in [7, 11) is 0. The van der Waals surface area contributed by atoms with Gasteiger partial charge in [-0.05, 0) is 24.3 Å². The lowest BCUT2D eigenvalue weighted by molar-refractivity contribution is 0.134. The van der Waals surface area contributed by atoms with Gasteiger partial charge in [-0.1, -0.05) is 51.1 Å². The summed E-state index contributed by atoms with van der Waals surface area (Å²) >= 11 is 0. The molecule has 0 radical (unpaired) electrons. The average Bonchev–Trinajstić information content (AvgIpc) is 2.36. The van der Waals surface area contributed by atoms with E-state index in [2.05, 4.69) is 26.1 Å². The predicted octanol–water partition coefficient (Wildman–Crippen LogP) is 3.74. The van der Waals surface area contributed by atoms with E-state index in [1.165, 1.54) is 0 Å². The van der Waals surface area contributed by atoms with Gasteiger partial charge in [0.1, 0.15) is 6.61 Å². The second-order valence-corrected chi connectivity index (χ2v) is 4.94. The van der Waals surface area contributed by atoms with Gasteiger partial charge in [0, 0.05) is 6.04 Å². The van der Waals surface area contributed by atoms with Crippen molar-refractivity contribution in [3.8, 4) is 0 Å². The van der Waals surface area contributed by atoms with Gasteiger partial charge in [-0.3, -0.25) is 0 Å². The Morgan fingerprint density at radius 2 is 1.94 bits per heavy atom. The maximum absolute atomic E-state index is 11.6. The zero-order valence-corrected chi connectivity index (χ0v) is 11.5. The molecule has 1 rings (SSSR count). The van der Waals surface area contributed by atoms with Gasteiger partial charge in [-0.2, -0.15) is 0 Å². The Labute approximate surface area is 110 Å². The monoisotopic (exact) mass is 249 g/mol. The molecule has 100 valence electrons. The van der Waals surface area contributed by atoms with Gasteiger partial charge in [-0.15, -0.1) is 0 Å². The highest BCUT2D eigenvalue weighted by Gasteiger charge is 2.12. The normalized spacial score (nSPS) is 12.2. The summed E-state index contributed by atoms with van der Waals surface area (Å²) in [5.41, 5.74) is 1.00. The third-order valence-electron chi connectivity index (χ3n) is 2.78. The summed E-state index contributed by atoms with van der Waals surface area (Å²) in [4.78, 5) is 11.6. The van der Waals surface area contributed by atoms with E-state index in [0.29, 0.717) is 12.5 Å². The van der Waals surface area contributed by atoms with Crippen LogP contribution in [0.4, 0.5) is 4.79 Å². The van der Waals surface area contributed by atoms with E-state index >= 15 is 0 Å². The molecule has 1 aromatic carbocycles. The van der Waals surface area contributed by atoms with Crippen molar-refractivity contribution in [3.05, 3.63) is 35.9 Å². The quantitative estimate of drug-likeness (QED) is 0.834. The van der Waals surface area contributed by atoms with Crippen LogP contribution in [0.3, 0.4) is 0 Å². The molecule has 0 spiro atoms. The van der Waals surface area contributed by atoms with E-state index in [-0.39, 0.29) is 12.1 Å². The van der Waals surface area contributed by atoms with Crippen LogP contribution in [0.5, 0.6) is 0 Å². The topological polar surface area (TPSA) is 38.3 Å². The molecule has 0 aliphatic carbocycles. The fourth-order valence-electron chi connectivity index (χ4n) is 1.83. The lowest BCUT2D eigenvalue weighted by atomic mass is 10.0. The minimum absolute atomic E-state index is 0.202. The lowest BCUT2D eigenvalue weighted by Gasteiger charge is -2.18. The van der Waals surface area contributed by atoms with Gasteiger partial charge in [0.2, 0.25) is 0 Å². The molecule has 0 saturated carbocycles. The van der Waals surface area contributed by atoms with Crippen molar-refractivity contribution in [2.75, 3.05) is 0 Å². The summed E-state index contributed by atoms with van der Waals surface area (Å²) in [6.45, 7) is 6.70. The summed E-state index contributed by atoms with van der Waals surface area (Å²) in [6, 6.07) is 9.90. The molecule has 1 amide bonds. The lowest BCUT2D eigenvalue weighted by Crippen LogP contribution is -2.35. The Balaban J connectivity index is 2.32. The van der Waals surface area contributed by atoms with Gasteiger partial charge in [0.15, 0.2) is 0 Å². The Morgan fingerprint density at radius 1 is 1.28 bits per heavy atom. The van der Waals surface area contributed by atoms with E-state index in [9.17, 15) is 4.79 Å². The van der Waals surface area contributed by atoms with E-state index in [0.717, 1.165) is 18.4 Å². The van der Waals surface area contributed by atoms with Crippen molar-refractivity contribution in [2.24, 2.45) is 5.92 Å². The molecule has 0 aliphatic rings. The third kappa shape index (κ3) is 5.71. The minimum Gasteiger partial charge on any atom is -0.445 e. The molecule has 0 heterocycles. The highest BCUT2D eigenvalue weighted by molar-refractivity contribution is 5.67. The summed E-state index contributed by atoms with van der Waals surface area (Å²) in [6.07, 6.45) is 1.58. The standard InChI is InChI=1S/C15H23NO2/c1-4-14(10-12(2)3)16-15(17)18-11-13-8-6-5-7-9-13/h5-9,12,14H,4,10-11H2,1-3H3,(H,16,17). The first kappa shape index (κ1) is 14.6. The number of benzene rings is 1. The molecule has 1 N–H and O–H groups in total. The molecule has 1 aromatic rings. The minimum atomic E-state index is -0.327. The number of carbonyl (C=O) groups excluding carboxylic acids is 1. The first-order valence-electron chi connectivity index (χ1n) is 6.59. The second-order valence-electron chi connectivity index (χ2n) is 4.94. The Hall–Kier alpha value is -1.51. The van der Waals surface area contributed by atoms with Crippen LogP contribution < -0.4 is 5.32 Å². The first-order valence-corrected chi connectivity index (χ1v) is 6.59. The smallest absolute Gasteiger partial charge is 0.407 e. The number of hydrogen-bond acceptors (Lipinski definition) is 2. The van der Waals surface area contributed by atoms with Gasteiger partial charge >= 0.3 is 6.09 Å². The summed E-state index contributed by atoms with van der Waals surface area (Å²) in [5.74, 6) is 0.573. The molecular weight excluding hydrogens is 226 g/mol. The first-order chi connectivity index (χ1) is 8.61. The molecular formula is C15H23NO2. The zero-order valence-electron chi connectivity index (χ0n) is 11.5. The van der Waals surface area contributed by atoms with Crippen LogP contribution in [0.25, 0.3) is 0 Å². The van der Waals surface area contributed by atoms with Crippen LogP contribution in [-0.4, -0.2) is 12.1 Å². The Bertz CT molecular complexity index is 349. The number of carbonyl (C=O) groups is 1. The van der Waals surface area contributed by atoms with Crippen molar-refractivity contribution >= 4 is 6.09 Å². The van der Waals surface area contributed by atoms with Crippen LogP contribution in [0.2, 0.25) is 0 Å². The molecule has 0 aliphatic heterocycles. The van der Waals surface area contributed by atoms with E-state index in [4.69, 9.17) is 4.74 Å². The van der Waals surface area contributed by atoms with Crippen LogP contribution in [0.15, 0.2) is 30.3 Å².